The number of thiazole rings is 1. The second kappa shape index (κ2) is 7.71. The Hall–Kier alpha value is -3.16. The van der Waals surface area contributed by atoms with Crippen molar-refractivity contribution >= 4 is 17.2 Å². The van der Waals surface area contributed by atoms with Crippen LogP contribution in [0.4, 0.5) is 10.2 Å². The van der Waals surface area contributed by atoms with Gasteiger partial charge in [-0.15, -0.1) is 21.5 Å². The van der Waals surface area contributed by atoms with Crippen molar-refractivity contribution in [3.63, 3.8) is 0 Å². The van der Waals surface area contributed by atoms with Gasteiger partial charge in [-0.05, 0) is 50.8 Å². The van der Waals surface area contributed by atoms with E-state index in [-0.39, 0.29) is 23.2 Å². The molecule has 3 aromatic rings. The minimum absolute atomic E-state index is 0.00177. The average Bonchev–Trinajstić information content (AvgIpc) is 3.39. The summed E-state index contributed by atoms with van der Waals surface area (Å²) in [6.45, 7) is 4.10. The number of nitriles is 1. The Morgan fingerprint density at radius 2 is 2.06 bits per heavy atom. The molecule has 0 radical (unpaired) electrons. The SMILES string of the molecule is CN(c1cnc(-c2ccc(-c3cnc(C#N)s3)cc2O)nn1)[C@H]1C[C@]2(C)CC[C@@](C)(N2)[C@H]1F. The molecule has 170 valence electrons. The Balaban J connectivity index is 1.37. The highest BCUT2D eigenvalue weighted by atomic mass is 32.1. The highest BCUT2D eigenvalue weighted by molar-refractivity contribution is 7.15. The molecule has 0 unspecified atom stereocenters. The van der Waals surface area contributed by atoms with E-state index in [4.69, 9.17) is 5.26 Å². The summed E-state index contributed by atoms with van der Waals surface area (Å²) in [7, 11) is 1.83. The molecule has 2 aliphatic rings. The molecule has 10 heteroatoms. The van der Waals surface area contributed by atoms with Crippen LogP contribution in [0.1, 0.15) is 38.1 Å². The summed E-state index contributed by atoms with van der Waals surface area (Å²) in [5, 5.41) is 31.9. The molecule has 2 aliphatic heterocycles. The Labute approximate surface area is 195 Å². The monoisotopic (exact) mass is 465 g/mol. The fourth-order valence-electron chi connectivity index (χ4n) is 5.09. The number of phenolic OH excluding ortho intramolecular Hbond substituents is 1. The smallest absolute Gasteiger partial charge is 0.194 e. The average molecular weight is 466 g/mol. The molecule has 2 bridgehead atoms. The van der Waals surface area contributed by atoms with Gasteiger partial charge in [0.25, 0.3) is 0 Å². The standard InChI is InChI=1S/C23H24FN7OS/c1-22-6-7-23(2,30-22)20(24)15(9-22)31(3)18-12-27-21(29-28-18)14-5-4-13(8-16(14)32)17-11-26-19(10-25)33-17/h4-5,8,11-12,15,20,30,32H,6-7,9H2,1-3H3/t15-,20-,22-,23+/m0/s1. The van der Waals surface area contributed by atoms with Crippen LogP contribution in [0.15, 0.2) is 30.6 Å². The Kier molecular flexibility index (Phi) is 5.06. The van der Waals surface area contributed by atoms with Gasteiger partial charge in [-0.1, -0.05) is 6.07 Å². The van der Waals surface area contributed by atoms with E-state index in [1.807, 2.05) is 31.0 Å². The number of piperidine rings is 1. The van der Waals surface area contributed by atoms with E-state index in [1.54, 1.807) is 24.5 Å². The summed E-state index contributed by atoms with van der Waals surface area (Å²) in [6.07, 6.45) is 4.57. The third kappa shape index (κ3) is 3.71. The minimum Gasteiger partial charge on any atom is -0.507 e. The summed E-state index contributed by atoms with van der Waals surface area (Å²) >= 11 is 1.25. The molecular weight excluding hydrogens is 441 g/mol. The number of fused-ring (bicyclic) bond motifs is 2. The van der Waals surface area contributed by atoms with Crippen molar-refractivity contribution in [2.24, 2.45) is 0 Å². The summed E-state index contributed by atoms with van der Waals surface area (Å²) in [6, 6.07) is 6.80. The van der Waals surface area contributed by atoms with Crippen molar-refractivity contribution in [2.45, 2.75) is 56.4 Å². The zero-order valence-corrected chi connectivity index (χ0v) is 19.4. The number of hydrogen-bond acceptors (Lipinski definition) is 9. The van der Waals surface area contributed by atoms with Crippen LogP contribution in [-0.2, 0) is 0 Å². The van der Waals surface area contributed by atoms with Crippen molar-refractivity contribution in [3.8, 4) is 33.6 Å². The highest BCUT2D eigenvalue weighted by Crippen LogP contribution is 2.45. The van der Waals surface area contributed by atoms with E-state index in [0.717, 1.165) is 23.3 Å². The Morgan fingerprint density at radius 3 is 2.73 bits per heavy atom. The number of nitrogens with one attached hydrogen (secondary N) is 1. The van der Waals surface area contributed by atoms with Crippen molar-refractivity contribution in [2.75, 3.05) is 11.9 Å². The van der Waals surface area contributed by atoms with Gasteiger partial charge in [-0.25, -0.2) is 14.4 Å². The predicted octanol–water partition coefficient (Wildman–Crippen LogP) is 3.69. The predicted molar refractivity (Wildman–Crippen MR) is 124 cm³/mol. The van der Waals surface area contributed by atoms with Crippen LogP contribution in [0.25, 0.3) is 21.8 Å². The summed E-state index contributed by atoms with van der Waals surface area (Å²) in [5.74, 6) is 0.769. The topological polar surface area (TPSA) is 111 Å². The maximum atomic E-state index is 15.4. The molecule has 4 heterocycles. The zero-order chi connectivity index (χ0) is 23.4. The molecule has 2 fully saturated rings. The first kappa shape index (κ1) is 21.7. The summed E-state index contributed by atoms with van der Waals surface area (Å²) in [5.41, 5.74) is 0.563. The Bertz CT molecular complexity index is 1240. The lowest BCUT2D eigenvalue weighted by molar-refractivity contribution is 0.0859. The second-order valence-corrected chi connectivity index (χ2v) is 10.4. The van der Waals surface area contributed by atoms with Crippen LogP contribution >= 0.6 is 11.3 Å². The van der Waals surface area contributed by atoms with Gasteiger partial charge in [-0.2, -0.15) is 5.26 Å². The van der Waals surface area contributed by atoms with Crippen LogP contribution in [0, 0.1) is 11.3 Å². The first-order valence-electron chi connectivity index (χ1n) is 10.8. The van der Waals surface area contributed by atoms with Crippen molar-refractivity contribution in [1.82, 2.24) is 25.5 Å². The third-order valence-electron chi connectivity index (χ3n) is 6.92. The van der Waals surface area contributed by atoms with Crippen LogP contribution < -0.4 is 10.2 Å². The Morgan fingerprint density at radius 1 is 1.24 bits per heavy atom. The first-order valence-corrected chi connectivity index (χ1v) is 11.6. The number of aromatic nitrogens is 4. The lowest BCUT2D eigenvalue weighted by Gasteiger charge is -2.47. The molecule has 0 spiro atoms. The molecule has 4 atom stereocenters. The highest BCUT2D eigenvalue weighted by Gasteiger charge is 2.56. The van der Waals surface area contributed by atoms with E-state index in [1.165, 1.54) is 11.3 Å². The van der Waals surface area contributed by atoms with Gasteiger partial charge in [0.05, 0.1) is 22.7 Å². The number of hydrogen-bond donors (Lipinski definition) is 2. The molecule has 5 rings (SSSR count). The molecule has 2 saturated heterocycles. The molecule has 0 amide bonds. The fraction of sp³-hybridized carbons (Fsp3) is 0.435. The van der Waals surface area contributed by atoms with Crippen LogP contribution in [0.2, 0.25) is 0 Å². The lowest BCUT2D eigenvalue weighted by atomic mass is 9.82. The van der Waals surface area contributed by atoms with E-state index in [0.29, 0.717) is 22.8 Å². The molecule has 2 aromatic heterocycles. The third-order valence-corrected chi connectivity index (χ3v) is 7.87. The van der Waals surface area contributed by atoms with Crippen molar-refractivity contribution < 1.29 is 9.50 Å². The van der Waals surface area contributed by atoms with E-state index >= 15 is 4.39 Å². The van der Waals surface area contributed by atoms with Gasteiger partial charge >= 0.3 is 0 Å². The molecule has 0 aliphatic carbocycles. The normalized spacial score (nSPS) is 28.5. The number of alkyl halides is 1. The van der Waals surface area contributed by atoms with Gasteiger partial charge in [0.2, 0.25) is 0 Å². The van der Waals surface area contributed by atoms with Gasteiger partial charge < -0.3 is 15.3 Å². The largest absolute Gasteiger partial charge is 0.507 e. The minimum atomic E-state index is -1.04. The summed E-state index contributed by atoms with van der Waals surface area (Å²) in [4.78, 5) is 11.0. The maximum Gasteiger partial charge on any atom is 0.194 e. The first-order chi connectivity index (χ1) is 15.7. The number of phenols is 1. The lowest BCUT2D eigenvalue weighted by Crippen LogP contribution is -2.65. The number of rotatable bonds is 4. The molecule has 0 saturated carbocycles. The van der Waals surface area contributed by atoms with Gasteiger partial charge in [0.1, 0.15) is 18.0 Å². The summed E-state index contributed by atoms with van der Waals surface area (Å²) < 4.78 is 15.4. The molecule has 8 nitrogen and oxygen atoms in total. The number of aromatic hydroxyl groups is 1. The van der Waals surface area contributed by atoms with Gasteiger partial charge in [0.15, 0.2) is 16.6 Å². The van der Waals surface area contributed by atoms with E-state index in [2.05, 4.69) is 32.4 Å². The van der Waals surface area contributed by atoms with Gasteiger partial charge in [-0.3, -0.25) is 0 Å². The van der Waals surface area contributed by atoms with Crippen molar-refractivity contribution in [3.05, 3.63) is 35.6 Å². The van der Waals surface area contributed by atoms with Crippen LogP contribution in [0.5, 0.6) is 5.75 Å². The zero-order valence-electron chi connectivity index (χ0n) is 18.6. The maximum absolute atomic E-state index is 15.4. The molecule has 33 heavy (non-hydrogen) atoms. The van der Waals surface area contributed by atoms with E-state index in [9.17, 15) is 5.11 Å². The van der Waals surface area contributed by atoms with Crippen LogP contribution in [0.3, 0.4) is 0 Å². The molecular formula is C23H24FN7OS. The molecule has 2 N–H and O–H groups in total. The number of anilines is 1. The second-order valence-electron chi connectivity index (χ2n) is 9.40. The quantitative estimate of drug-likeness (QED) is 0.600. The number of halogens is 1. The van der Waals surface area contributed by atoms with Gasteiger partial charge in [0, 0.05) is 24.3 Å². The molecule has 1 aromatic carbocycles. The van der Waals surface area contributed by atoms with Crippen LogP contribution in [-0.4, -0.2) is 55.6 Å². The van der Waals surface area contributed by atoms with E-state index < -0.39 is 11.7 Å². The fourth-order valence-corrected chi connectivity index (χ4v) is 5.80. The van der Waals surface area contributed by atoms with Crippen molar-refractivity contribution in [1.29, 1.82) is 5.26 Å². The number of nitrogens with zero attached hydrogens (tertiary/aromatic N) is 6. The number of benzene rings is 1.